The zero-order valence-corrected chi connectivity index (χ0v) is 15.2. The molecule has 122 valence electrons. The Balaban J connectivity index is 2.11. The number of carbonyl (C=O) groups is 1. The maximum Gasteiger partial charge on any atom is 0.316 e. The first-order chi connectivity index (χ1) is 11.6. The van der Waals surface area contributed by atoms with E-state index in [1.165, 1.54) is 11.8 Å². The van der Waals surface area contributed by atoms with Crippen molar-refractivity contribution in [3.63, 3.8) is 0 Å². The lowest BCUT2D eigenvalue weighted by atomic mass is 10.2. The highest BCUT2D eigenvalue weighted by Gasteiger charge is 2.21. The van der Waals surface area contributed by atoms with Gasteiger partial charge >= 0.3 is 5.97 Å². The molecule has 0 aliphatic carbocycles. The van der Waals surface area contributed by atoms with Gasteiger partial charge in [-0.25, -0.2) is 0 Å². The zero-order valence-electron chi connectivity index (χ0n) is 12.8. The van der Waals surface area contributed by atoms with Gasteiger partial charge in [-0.2, -0.15) is 0 Å². The van der Waals surface area contributed by atoms with Crippen molar-refractivity contribution in [2.45, 2.75) is 17.3 Å². The summed E-state index contributed by atoms with van der Waals surface area (Å²) >= 11 is 4.60. The molecule has 3 rings (SSSR count). The van der Waals surface area contributed by atoms with Crippen molar-refractivity contribution in [3.8, 4) is 17.1 Å². The second-order valence-corrected chi connectivity index (χ2v) is 7.31. The van der Waals surface area contributed by atoms with E-state index in [4.69, 9.17) is 0 Å². The van der Waals surface area contributed by atoms with E-state index in [1.54, 1.807) is 6.92 Å². The smallest absolute Gasteiger partial charge is 0.316 e. The molecule has 0 amide bonds. The maximum absolute atomic E-state index is 11.2. The third-order valence-electron chi connectivity index (χ3n) is 3.38. The van der Waals surface area contributed by atoms with E-state index in [9.17, 15) is 9.90 Å². The molecule has 1 heterocycles. The molecule has 0 aliphatic heterocycles. The number of hydrogen-bond acceptors (Lipinski definition) is 4. The fraction of sp³-hybridized carbons (Fsp3) is 0.118. The molecule has 0 radical (unpaired) electrons. The maximum atomic E-state index is 11.2. The van der Waals surface area contributed by atoms with Crippen LogP contribution in [0.3, 0.4) is 0 Å². The SMILES string of the molecule is C[C@H](Sc1nnc(-c2ccc(Br)cc2)n1-c1ccccc1)C(=O)O. The van der Waals surface area contributed by atoms with Crippen molar-refractivity contribution >= 4 is 33.7 Å². The van der Waals surface area contributed by atoms with Crippen LogP contribution in [0.25, 0.3) is 17.1 Å². The van der Waals surface area contributed by atoms with Crippen molar-refractivity contribution in [1.29, 1.82) is 0 Å². The molecule has 24 heavy (non-hydrogen) atoms. The molecule has 0 aliphatic rings. The highest BCUT2D eigenvalue weighted by Crippen LogP contribution is 2.30. The Labute approximate surface area is 151 Å². The van der Waals surface area contributed by atoms with Crippen molar-refractivity contribution in [2.24, 2.45) is 0 Å². The first-order valence-corrected chi connectivity index (χ1v) is 8.90. The van der Waals surface area contributed by atoms with Gasteiger partial charge < -0.3 is 5.11 Å². The summed E-state index contributed by atoms with van der Waals surface area (Å²) in [5.41, 5.74) is 1.80. The molecular weight excluding hydrogens is 390 g/mol. The standard InChI is InChI=1S/C17H14BrN3O2S/c1-11(16(22)23)24-17-20-19-15(12-7-9-13(18)10-8-12)21(17)14-5-3-2-4-6-14/h2-11H,1H3,(H,22,23)/t11-/m0/s1. The predicted molar refractivity (Wildman–Crippen MR) is 97.4 cm³/mol. The summed E-state index contributed by atoms with van der Waals surface area (Å²) in [6.07, 6.45) is 0. The average molecular weight is 404 g/mol. The Bertz CT molecular complexity index is 850. The Morgan fingerprint density at radius 3 is 2.42 bits per heavy atom. The number of rotatable bonds is 5. The number of aromatic nitrogens is 3. The molecular formula is C17H14BrN3O2S. The van der Waals surface area contributed by atoms with E-state index in [2.05, 4.69) is 26.1 Å². The first kappa shape index (κ1) is 16.7. The van der Waals surface area contributed by atoms with Crippen LogP contribution < -0.4 is 0 Å². The minimum absolute atomic E-state index is 0.550. The lowest BCUT2D eigenvalue weighted by Crippen LogP contribution is -2.12. The number of benzene rings is 2. The molecule has 0 saturated carbocycles. The molecule has 0 saturated heterocycles. The highest BCUT2D eigenvalue weighted by molar-refractivity contribution is 9.10. The van der Waals surface area contributed by atoms with Gasteiger partial charge in [0.05, 0.1) is 0 Å². The van der Waals surface area contributed by atoms with Gasteiger partial charge in [0, 0.05) is 15.7 Å². The minimum Gasteiger partial charge on any atom is -0.480 e. The second kappa shape index (κ2) is 7.19. The molecule has 1 N–H and O–H groups in total. The third kappa shape index (κ3) is 3.52. The quantitative estimate of drug-likeness (QED) is 0.644. The van der Waals surface area contributed by atoms with Gasteiger partial charge in [0.2, 0.25) is 0 Å². The van der Waals surface area contributed by atoms with Gasteiger partial charge in [-0.1, -0.05) is 58.0 Å². The van der Waals surface area contributed by atoms with Crippen LogP contribution in [0, 0.1) is 0 Å². The highest BCUT2D eigenvalue weighted by atomic mass is 79.9. The fourth-order valence-electron chi connectivity index (χ4n) is 2.15. The largest absolute Gasteiger partial charge is 0.480 e. The topological polar surface area (TPSA) is 68.0 Å². The summed E-state index contributed by atoms with van der Waals surface area (Å²) in [7, 11) is 0. The van der Waals surface area contributed by atoms with Crippen LogP contribution in [0.4, 0.5) is 0 Å². The Morgan fingerprint density at radius 2 is 1.79 bits per heavy atom. The summed E-state index contributed by atoms with van der Waals surface area (Å²) in [5, 5.41) is 17.6. The molecule has 3 aromatic rings. The van der Waals surface area contributed by atoms with Crippen LogP contribution in [0.5, 0.6) is 0 Å². The number of aliphatic carboxylic acids is 1. The summed E-state index contributed by atoms with van der Waals surface area (Å²) in [4.78, 5) is 11.2. The Hall–Kier alpha value is -2.12. The second-order valence-electron chi connectivity index (χ2n) is 5.08. The third-order valence-corrected chi connectivity index (χ3v) is 4.94. The lowest BCUT2D eigenvalue weighted by molar-refractivity contribution is -0.136. The Morgan fingerprint density at radius 1 is 1.12 bits per heavy atom. The van der Waals surface area contributed by atoms with Gasteiger partial charge in [-0.15, -0.1) is 10.2 Å². The van der Waals surface area contributed by atoms with Gasteiger partial charge in [0.25, 0.3) is 0 Å². The zero-order chi connectivity index (χ0) is 17.1. The molecule has 0 unspecified atom stereocenters. The summed E-state index contributed by atoms with van der Waals surface area (Å²) in [5.74, 6) is -0.207. The van der Waals surface area contributed by atoms with Gasteiger partial charge in [-0.05, 0) is 31.2 Å². The summed E-state index contributed by atoms with van der Waals surface area (Å²) < 4.78 is 2.86. The van der Waals surface area contributed by atoms with E-state index in [1.807, 2.05) is 59.2 Å². The van der Waals surface area contributed by atoms with Crippen LogP contribution in [0.2, 0.25) is 0 Å². The number of nitrogens with zero attached hydrogens (tertiary/aromatic N) is 3. The van der Waals surface area contributed by atoms with E-state index in [-0.39, 0.29) is 0 Å². The van der Waals surface area contributed by atoms with Crippen LogP contribution in [-0.2, 0) is 4.79 Å². The summed E-state index contributed by atoms with van der Waals surface area (Å²) in [6.45, 7) is 1.64. The Kier molecular flexibility index (Phi) is 5.01. The van der Waals surface area contributed by atoms with Gasteiger partial charge in [0.15, 0.2) is 11.0 Å². The van der Waals surface area contributed by atoms with Gasteiger partial charge in [0.1, 0.15) is 5.25 Å². The number of para-hydroxylation sites is 1. The number of halogens is 1. The minimum atomic E-state index is -0.882. The average Bonchev–Trinajstić information content (AvgIpc) is 2.99. The van der Waals surface area contributed by atoms with Crippen LogP contribution in [-0.4, -0.2) is 31.1 Å². The molecule has 1 aromatic heterocycles. The molecule has 0 spiro atoms. The monoisotopic (exact) mass is 403 g/mol. The molecule has 0 fully saturated rings. The molecule has 1 atom stereocenters. The summed E-state index contributed by atoms with van der Waals surface area (Å²) in [6, 6.07) is 17.4. The number of thioether (sulfide) groups is 1. The van der Waals surface area contributed by atoms with Crippen LogP contribution in [0.15, 0.2) is 64.2 Å². The van der Waals surface area contributed by atoms with Gasteiger partial charge in [-0.3, -0.25) is 9.36 Å². The molecule has 5 nitrogen and oxygen atoms in total. The number of carboxylic acid groups (broad SMARTS) is 1. The molecule has 7 heteroatoms. The van der Waals surface area contributed by atoms with Crippen molar-refractivity contribution in [2.75, 3.05) is 0 Å². The number of hydrogen-bond donors (Lipinski definition) is 1. The molecule has 2 aromatic carbocycles. The fourth-order valence-corrected chi connectivity index (χ4v) is 3.22. The van der Waals surface area contributed by atoms with Crippen molar-refractivity contribution in [3.05, 3.63) is 59.1 Å². The van der Waals surface area contributed by atoms with Crippen LogP contribution >= 0.6 is 27.7 Å². The van der Waals surface area contributed by atoms with E-state index >= 15 is 0 Å². The van der Waals surface area contributed by atoms with Crippen molar-refractivity contribution < 1.29 is 9.90 Å². The first-order valence-electron chi connectivity index (χ1n) is 7.22. The lowest BCUT2D eigenvalue weighted by Gasteiger charge is -2.11. The van der Waals surface area contributed by atoms with E-state index in [0.29, 0.717) is 11.0 Å². The van der Waals surface area contributed by atoms with Crippen molar-refractivity contribution in [1.82, 2.24) is 14.8 Å². The molecule has 0 bridgehead atoms. The predicted octanol–water partition coefficient (Wildman–Crippen LogP) is 4.26. The van der Waals surface area contributed by atoms with E-state index < -0.39 is 11.2 Å². The van der Waals surface area contributed by atoms with E-state index in [0.717, 1.165) is 15.7 Å². The number of carboxylic acids is 1. The van der Waals surface area contributed by atoms with Crippen LogP contribution in [0.1, 0.15) is 6.92 Å². The normalized spacial score (nSPS) is 12.1.